The molecular weight excluding hydrogens is 366 g/mol. The number of carbonyl (C=O) groups excluding carboxylic acids is 2. The van der Waals surface area contributed by atoms with Crippen molar-refractivity contribution in [3.8, 4) is 16.9 Å². The lowest BCUT2D eigenvalue weighted by molar-refractivity contribution is -0.135. The molecule has 2 N–H and O–H groups in total. The van der Waals surface area contributed by atoms with Gasteiger partial charge in [-0.2, -0.15) is 5.10 Å². The predicted octanol–water partition coefficient (Wildman–Crippen LogP) is 2.67. The number of nitrogens with zero attached hydrogens (tertiary/aromatic N) is 2. The van der Waals surface area contributed by atoms with E-state index in [9.17, 15) is 14.7 Å². The zero-order chi connectivity index (χ0) is 19.2. The number of phenols is 1. The van der Waals surface area contributed by atoms with Crippen molar-refractivity contribution in [3.63, 3.8) is 0 Å². The highest BCUT2D eigenvalue weighted by atomic mass is 32.2. The van der Waals surface area contributed by atoms with E-state index in [2.05, 4.69) is 20.3 Å². The summed E-state index contributed by atoms with van der Waals surface area (Å²) in [5.41, 5.74) is 2.61. The minimum Gasteiger partial charge on any atom is -0.508 e. The van der Waals surface area contributed by atoms with Crippen molar-refractivity contribution in [2.75, 3.05) is 7.11 Å². The van der Waals surface area contributed by atoms with Crippen LogP contribution < -0.4 is 5.32 Å². The van der Waals surface area contributed by atoms with Crippen LogP contribution in [0.5, 0.6) is 5.75 Å². The minimum absolute atomic E-state index is 0.196. The highest BCUT2D eigenvalue weighted by Crippen LogP contribution is 2.24. The fraction of sp³-hybridized carbons (Fsp3) is 0.0526. The molecule has 27 heavy (non-hydrogen) atoms. The standard InChI is InChI=1S/C19H15N3O4S/c1-26-17(24)10-16-18(25)21-19(27-16)22-20-11-12-4-2-5-13(8-12)14-6-3-7-15(23)9-14/h2-11,23H,1H3,(H,21,22,25)/b16-10+,20-11?. The number of nitrogens with one attached hydrogen (secondary N) is 1. The maximum Gasteiger partial charge on any atom is 0.331 e. The molecule has 0 atom stereocenters. The number of ether oxygens (including phenoxy) is 1. The SMILES string of the molecule is COC(=O)/C=C1/S/C(=N\N=Cc2cccc(-c3cccc(O)c3)c2)NC1=O. The van der Waals surface area contributed by atoms with E-state index in [1.807, 2.05) is 30.3 Å². The van der Waals surface area contributed by atoms with Crippen LogP contribution in [0.25, 0.3) is 11.1 Å². The average molecular weight is 381 g/mol. The summed E-state index contributed by atoms with van der Waals surface area (Å²) >= 11 is 1.01. The van der Waals surface area contributed by atoms with Gasteiger partial charge in [-0.05, 0) is 46.7 Å². The molecule has 0 bridgehead atoms. The second kappa shape index (κ2) is 8.33. The third kappa shape index (κ3) is 4.83. The summed E-state index contributed by atoms with van der Waals surface area (Å²) in [7, 11) is 1.24. The molecule has 1 aliphatic heterocycles. The van der Waals surface area contributed by atoms with Gasteiger partial charge in [0, 0.05) is 6.08 Å². The van der Waals surface area contributed by atoms with Crippen molar-refractivity contribution in [2.45, 2.75) is 0 Å². The summed E-state index contributed by atoms with van der Waals surface area (Å²) in [5, 5.41) is 20.3. The molecule has 2 aromatic rings. The van der Waals surface area contributed by atoms with E-state index in [0.717, 1.165) is 34.5 Å². The Balaban J connectivity index is 1.73. The number of amides is 1. The van der Waals surface area contributed by atoms with Crippen molar-refractivity contribution in [2.24, 2.45) is 10.2 Å². The van der Waals surface area contributed by atoms with Crippen LogP contribution in [0.2, 0.25) is 0 Å². The summed E-state index contributed by atoms with van der Waals surface area (Å²) in [4.78, 5) is 23.1. The Kier molecular flexibility index (Phi) is 5.68. The molecule has 0 saturated carbocycles. The molecule has 8 heteroatoms. The van der Waals surface area contributed by atoms with Crippen LogP contribution in [0.4, 0.5) is 0 Å². The highest BCUT2D eigenvalue weighted by Gasteiger charge is 2.24. The van der Waals surface area contributed by atoms with Crippen molar-refractivity contribution in [1.82, 2.24) is 5.32 Å². The molecule has 136 valence electrons. The maximum atomic E-state index is 11.7. The van der Waals surface area contributed by atoms with E-state index in [-0.39, 0.29) is 15.8 Å². The summed E-state index contributed by atoms with van der Waals surface area (Å²) < 4.78 is 4.50. The smallest absolute Gasteiger partial charge is 0.331 e. The van der Waals surface area contributed by atoms with E-state index in [0.29, 0.717) is 0 Å². The number of carbonyl (C=O) groups is 2. The predicted molar refractivity (Wildman–Crippen MR) is 104 cm³/mol. The number of esters is 1. The normalized spacial score (nSPS) is 16.9. The number of methoxy groups -OCH3 is 1. The highest BCUT2D eigenvalue weighted by molar-refractivity contribution is 8.18. The van der Waals surface area contributed by atoms with E-state index in [1.165, 1.54) is 7.11 Å². The molecule has 0 unspecified atom stereocenters. The Morgan fingerprint density at radius 2 is 1.93 bits per heavy atom. The Hall–Kier alpha value is -3.39. The maximum absolute atomic E-state index is 11.7. The van der Waals surface area contributed by atoms with Crippen molar-refractivity contribution >= 4 is 35.0 Å². The van der Waals surface area contributed by atoms with Gasteiger partial charge < -0.3 is 9.84 Å². The van der Waals surface area contributed by atoms with Crippen LogP contribution in [-0.4, -0.2) is 35.5 Å². The molecule has 0 aliphatic carbocycles. The van der Waals surface area contributed by atoms with Gasteiger partial charge in [-0.1, -0.05) is 30.3 Å². The molecule has 1 fully saturated rings. The molecule has 3 rings (SSSR count). The number of phenolic OH excluding ortho intramolecular Hbond substituents is 1. The summed E-state index contributed by atoms with van der Waals surface area (Å²) in [6.07, 6.45) is 2.65. The summed E-state index contributed by atoms with van der Waals surface area (Å²) in [5.74, 6) is -0.839. The Morgan fingerprint density at radius 3 is 2.67 bits per heavy atom. The number of amidine groups is 1. The third-order valence-corrected chi connectivity index (χ3v) is 4.42. The lowest BCUT2D eigenvalue weighted by Crippen LogP contribution is -2.19. The van der Waals surface area contributed by atoms with Crippen molar-refractivity contribution < 1.29 is 19.4 Å². The Bertz CT molecular complexity index is 982. The van der Waals surface area contributed by atoms with Gasteiger partial charge in [0.05, 0.1) is 18.2 Å². The first-order valence-corrected chi connectivity index (χ1v) is 8.66. The van der Waals surface area contributed by atoms with Crippen molar-refractivity contribution in [3.05, 3.63) is 65.1 Å². The zero-order valence-electron chi connectivity index (χ0n) is 14.2. The number of benzene rings is 2. The summed E-state index contributed by atoms with van der Waals surface area (Å²) in [6, 6.07) is 14.5. The first-order valence-electron chi connectivity index (χ1n) is 7.84. The second-order valence-corrected chi connectivity index (χ2v) is 6.44. The largest absolute Gasteiger partial charge is 0.508 e. The molecular formula is C19H15N3O4S. The molecule has 1 amide bonds. The lowest BCUT2D eigenvalue weighted by Gasteiger charge is -2.03. The summed E-state index contributed by atoms with van der Waals surface area (Å²) in [6.45, 7) is 0. The topological polar surface area (TPSA) is 100 Å². The second-order valence-electron chi connectivity index (χ2n) is 5.41. The Morgan fingerprint density at radius 1 is 1.19 bits per heavy atom. The van der Waals surface area contributed by atoms with E-state index in [4.69, 9.17) is 0 Å². The zero-order valence-corrected chi connectivity index (χ0v) is 15.1. The van der Waals surface area contributed by atoms with Gasteiger partial charge >= 0.3 is 5.97 Å². The first kappa shape index (κ1) is 18.4. The number of hydrogen-bond donors (Lipinski definition) is 2. The number of thioether (sulfide) groups is 1. The average Bonchev–Trinajstić information content (AvgIpc) is 3.01. The van der Waals surface area contributed by atoms with Gasteiger partial charge in [-0.3, -0.25) is 10.1 Å². The lowest BCUT2D eigenvalue weighted by atomic mass is 10.0. The van der Waals surface area contributed by atoms with Crippen LogP contribution in [0.3, 0.4) is 0 Å². The molecule has 0 radical (unpaired) electrons. The molecule has 0 spiro atoms. The van der Waals surface area contributed by atoms with Gasteiger partial charge in [0.2, 0.25) is 0 Å². The van der Waals surface area contributed by atoms with Gasteiger partial charge in [0.1, 0.15) is 5.75 Å². The fourth-order valence-electron chi connectivity index (χ4n) is 2.27. The monoisotopic (exact) mass is 381 g/mol. The molecule has 2 aromatic carbocycles. The van der Waals surface area contributed by atoms with Crippen LogP contribution in [-0.2, 0) is 14.3 Å². The van der Waals surface area contributed by atoms with E-state index >= 15 is 0 Å². The number of aromatic hydroxyl groups is 1. The Labute approximate surface area is 159 Å². The fourth-order valence-corrected chi connectivity index (χ4v) is 3.01. The van der Waals surface area contributed by atoms with E-state index < -0.39 is 11.9 Å². The van der Waals surface area contributed by atoms with Crippen LogP contribution >= 0.6 is 11.8 Å². The minimum atomic E-state index is -0.610. The molecule has 1 aliphatic rings. The number of rotatable bonds is 4. The third-order valence-electron chi connectivity index (χ3n) is 3.52. The van der Waals surface area contributed by atoms with Crippen molar-refractivity contribution in [1.29, 1.82) is 0 Å². The van der Waals surface area contributed by atoms with Gasteiger partial charge in [0.25, 0.3) is 5.91 Å². The van der Waals surface area contributed by atoms with Crippen LogP contribution in [0.1, 0.15) is 5.56 Å². The van der Waals surface area contributed by atoms with Gasteiger partial charge in [-0.25, -0.2) is 4.79 Å². The molecule has 0 aromatic heterocycles. The molecule has 1 saturated heterocycles. The van der Waals surface area contributed by atoms with Crippen LogP contribution in [0, 0.1) is 0 Å². The van der Waals surface area contributed by atoms with E-state index in [1.54, 1.807) is 24.4 Å². The quantitative estimate of drug-likeness (QED) is 0.367. The van der Waals surface area contributed by atoms with Gasteiger partial charge in [-0.15, -0.1) is 5.10 Å². The number of hydrogen-bond acceptors (Lipinski definition) is 7. The van der Waals surface area contributed by atoms with Gasteiger partial charge in [0.15, 0.2) is 5.17 Å². The molecule has 7 nitrogen and oxygen atoms in total. The van der Waals surface area contributed by atoms with Crippen LogP contribution in [0.15, 0.2) is 69.7 Å². The first-order chi connectivity index (χ1) is 13.0. The molecule has 1 heterocycles.